The smallest absolute Gasteiger partial charge is 0.243 e. The molecule has 35 heavy (non-hydrogen) atoms. The van der Waals surface area contributed by atoms with E-state index in [1.165, 1.54) is 21.3 Å². The van der Waals surface area contributed by atoms with Crippen LogP contribution < -0.4 is 4.90 Å². The number of piperazine rings is 1. The molecular weight excluding hydrogens is 507 g/mol. The second-order valence-electron chi connectivity index (χ2n) is 8.80. The van der Waals surface area contributed by atoms with E-state index in [1.807, 2.05) is 4.90 Å². The van der Waals surface area contributed by atoms with Gasteiger partial charge in [0.25, 0.3) is 0 Å². The van der Waals surface area contributed by atoms with Crippen LogP contribution in [0.25, 0.3) is 10.2 Å². The Balaban J connectivity index is 1.21. The van der Waals surface area contributed by atoms with Crippen molar-refractivity contribution < 1.29 is 17.6 Å². The molecule has 2 aromatic carbocycles. The number of sulfonamides is 1. The van der Waals surface area contributed by atoms with Gasteiger partial charge in [0.1, 0.15) is 5.82 Å². The van der Waals surface area contributed by atoms with Crippen molar-refractivity contribution in [3.05, 3.63) is 48.3 Å². The lowest BCUT2D eigenvalue weighted by Gasteiger charge is -2.38. The SMILES string of the molecule is CSc1ccc2nc(N3CCN(C(=O)C4CCCN(S(=O)(=O)c5ccc(F)cc5)C4)CC3)sc2c1. The van der Waals surface area contributed by atoms with Gasteiger partial charge in [-0.25, -0.2) is 17.8 Å². The summed E-state index contributed by atoms with van der Waals surface area (Å²) in [7, 11) is -3.76. The van der Waals surface area contributed by atoms with Crippen molar-refractivity contribution in [1.82, 2.24) is 14.2 Å². The molecule has 0 saturated carbocycles. The summed E-state index contributed by atoms with van der Waals surface area (Å²) in [5.41, 5.74) is 0.992. The standard InChI is InChI=1S/C24H27FN4O3S3/c1-33-19-6-9-21-22(15-19)34-24(26-21)28-13-11-27(12-14-28)23(30)17-3-2-10-29(16-17)35(31,32)20-7-4-18(25)5-8-20/h4-9,15,17H,2-3,10-14,16H2,1H3. The van der Waals surface area contributed by atoms with E-state index in [2.05, 4.69) is 29.4 Å². The fraction of sp³-hybridized carbons (Fsp3) is 0.417. The largest absolute Gasteiger partial charge is 0.345 e. The molecule has 5 rings (SSSR count). The maximum absolute atomic E-state index is 13.3. The molecular formula is C24H27FN4O3S3. The normalized spacial score (nSPS) is 19.9. The number of aromatic nitrogens is 1. The van der Waals surface area contributed by atoms with Crippen LogP contribution >= 0.6 is 23.1 Å². The number of hydrogen-bond donors (Lipinski definition) is 0. The maximum atomic E-state index is 13.3. The van der Waals surface area contributed by atoms with E-state index >= 15 is 0 Å². The van der Waals surface area contributed by atoms with Crippen molar-refractivity contribution in [3.8, 4) is 0 Å². The molecule has 1 unspecified atom stereocenters. The molecule has 1 atom stereocenters. The fourth-order valence-corrected chi connectivity index (χ4v) is 7.74. The molecule has 186 valence electrons. The lowest BCUT2D eigenvalue weighted by atomic mass is 9.98. The predicted molar refractivity (Wildman–Crippen MR) is 138 cm³/mol. The first-order valence-electron chi connectivity index (χ1n) is 11.6. The molecule has 2 aliphatic heterocycles. The number of hydrogen-bond acceptors (Lipinski definition) is 7. The number of fused-ring (bicyclic) bond motifs is 1. The van der Waals surface area contributed by atoms with Crippen molar-refractivity contribution in [2.45, 2.75) is 22.6 Å². The summed E-state index contributed by atoms with van der Waals surface area (Å²) in [6, 6.07) is 11.1. The van der Waals surface area contributed by atoms with Crippen molar-refractivity contribution in [1.29, 1.82) is 0 Å². The number of anilines is 1. The Kier molecular flexibility index (Phi) is 7.02. The monoisotopic (exact) mass is 534 g/mol. The number of rotatable bonds is 5. The Morgan fingerprint density at radius 3 is 2.54 bits per heavy atom. The molecule has 2 fully saturated rings. The Morgan fingerprint density at radius 2 is 1.83 bits per heavy atom. The van der Waals surface area contributed by atoms with E-state index in [0.29, 0.717) is 45.6 Å². The van der Waals surface area contributed by atoms with Crippen LogP contribution in [0.15, 0.2) is 52.3 Å². The summed E-state index contributed by atoms with van der Waals surface area (Å²) in [6.07, 6.45) is 3.35. The summed E-state index contributed by atoms with van der Waals surface area (Å²) in [6.45, 7) is 3.11. The topological polar surface area (TPSA) is 73.8 Å². The maximum Gasteiger partial charge on any atom is 0.243 e. The van der Waals surface area contributed by atoms with Gasteiger partial charge in [0.2, 0.25) is 15.9 Å². The van der Waals surface area contributed by atoms with Gasteiger partial charge < -0.3 is 9.80 Å². The Bertz CT molecular complexity index is 1320. The predicted octanol–water partition coefficient (Wildman–Crippen LogP) is 3.91. The van der Waals surface area contributed by atoms with Crippen molar-refractivity contribution in [2.75, 3.05) is 50.4 Å². The summed E-state index contributed by atoms with van der Waals surface area (Å²) < 4.78 is 41.8. The molecule has 7 nitrogen and oxygen atoms in total. The van der Waals surface area contributed by atoms with E-state index in [-0.39, 0.29) is 23.3 Å². The minimum absolute atomic E-state index is 0.0116. The lowest BCUT2D eigenvalue weighted by molar-refractivity contribution is -0.137. The second kappa shape index (κ2) is 10.0. The molecule has 3 aromatic rings. The molecule has 2 aliphatic rings. The molecule has 0 spiro atoms. The van der Waals surface area contributed by atoms with E-state index in [4.69, 9.17) is 4.98 Å². The number of carbonyl (C=O) groups is 1. The van der Waals surface area contributed by atoms with Crippen LogP contribution in [-0.2, 0) is 14.8 Å². The van der Waals surface area contributed by atoms with Crippen molar-refractivity contribution in [3.63, 3.8) is 0 Å². The van der Waals surface area contributed by atoms with Gasteiger partial charge in [-0.2, -0.15) is 4.31 Å². The average Bonchev–Trinajstić information content (AvgIpc) is 3.32. The van der Waals surface area contributed by atoms with Crippen LogP contribution in [0.1, 0.15) is 12.8 Å². The zero-order chi connectivity index (χ0) is 24.6. The Morgan fingerprint density at radius 1 is 1.09 bits per heavy atom. The van der Waals surface area contributed by atoms with Gasteiger partial charge in [0, 0.05) is 44.2 Å². The van der Waals surface area contributed by atoms with Gasteiger partial charge in [-0.15, -0.1) is 11.8 Å². The number of thiazole rings is 1. The number of amides is 1. The number of halogens is 1. The van der Waals surface area contributed by atoms with Crippen LogP contribution in [-0.4, -0.2) is 74.0 Å². The quantitative estimate of drug-likeness (QED) is 0.462. The van der Waals surface area contributed by atoms with Gasteiger partial charge in [-0.05, 0) is 61.6 Å². The summed E-state index contributed by atoms with van der Waals surface area (Å²) in [5.74, 6) is -0.833. The van der Waals surface area contributed by atoms with Gasteiger partial charge >= 0.3 is 0 Å². The van der Waals surface area contributed by atoms with Crippen LogP contribution in [0.2, 0.25) is 0 Å². The molecule has 11 heteroatoms. The number of carbonyl (C=O) groups excluding carboxylic acids is 1. The third-order valence-corrected chi connectivity index (χ3v) is 10.3. The van der Waals surface area contributed by atoms with Crippen molar-refractivity contribution >= 4 is 54.4 Å². The summed E-state index contributed by atoms with van der Waals surface area (Å²) >= 11 is 3.39. The molecule has 1 aromatic heterocycles. The third-order valence-electron chi connectivity index (χ3n) is 6.63. The summed E-state index contributed by atoms with van der Waals surface area (Å²) in [4.78, 5) is 23.4. The first-order valence-corrected chi connectivity index (χ1v) is 15.1. The average molecular weight is 535 g/mol. The molecule has 2 saturated heterocycles. The van der Waals surface area contributed by atoms with E-state index < -0.39 is 15.8 Å². The molecule has 0 radical (unpaired) electrons. The van der Waals surface area contributed by atoms with Crippen molar-refractivity contribution in [2.24, 2.45) is 5.92 Å². The van der Waals surface area contributed by atoms with Crippen LogP contribution in [0.4, 0.5) is 9.52 Å². The minimum Gasteiger partial charge on any atom is -0.345 e. The van der Waals surface area contributed by atoms with Gasteiger partial charge in [0.05, 0.1) is 21.0 Å². The first kappa shape index (κ1) is 24.5. The van der Waals surface area contributed by atoms with Gasteiger partial charge in [0.15, 0.2) is 5.13 Å². The highest BCUT2D eigenvalue weighted by Gasteiger charge is 2.36. The molecule has 1 amide bonds. The Labute approximate surface area is 213 Å². The van der Waals surface area contributed by atoms with Gasteiger partial charge in [-0.1, -0.05) is 11.3 Å². The highest BCUT2D eigenvalue weighted by Crippen LogP contribution is 2.32. The zero-order valence-corrected chi connectivity index (χ0v) is 21.8. The number of nitrogens with zero attached hydrogens (tertiary/aromatic N) is 4. The second-order valence-corrected chi connectivity index (χ2v) is 12.6. The molecule has 0 bridgehead atoms. The molecule has 3 heterocycles. The Hall–Kier alpha value is -2.21. The van der Waals surface area contributed by atoms with E-state index in [0.717, 1.165) is 27.5 Å². The molecule has 0 N–H and O–H groups in total. The van der Waals surface area contributed by atoms with Crippen LogP contribution in [0, 0.1) is 11.7 Å². The minimum atomic E-state index is -3.76. The van der Waals surface area contributed by atoms with Gasteiger partial charge in [-0.3, -0.25) is 4.79 Å². The zero-order valence-electron chi connectivity index (χ0n) is 19.4. The summed E-state index contributed by atoms with van der Waals surface area (Å²) in [5, 5.41) is 0.972. The van der Waals surface area contributed by atoms with Crippen LogP contribution in [0.5, 0.6) is 0 Å². The number of piperidine rings is 1. The highest BCUT2D eigenvalue weighted by atomic mass is 32.2. The fourth-order valence-electron chi connectivity index (χ4n) is 4.65. The third kappa shape index (κ3) is 5.04. The van der Waals surface area contributed by atoms with Crippen LogP contribution in [0.3, 0.4) is 0 Å². The highest BCUT2D eigenvalue weighted by molar-refractivity contribution is 7.98. The number of thioether (sulfide) groups is 1. The van der Waals surface area contributed by atoms with E-state index in [9.17, 15) is 17.6 Å². The molecule has 0 aliphatic carbocycles. The van der Waals surface area contributed by atoms with E-state index in [1.54, 1.807) is 23.1 Å². The number of benzene rings is 2. The lowest BCUT2D eigenvalue weighted by Crippen LogP contribution is -2.53. The first-order chi connectivity index (χ1) is 16.8.